The van der Waals surface area contributed by atoms with Gasteiger partial charge in [0.15, 0.2) is 5.78 Å². The minimum absolute atomic E-state index is 0.0924. The number of rotatable bonds is 6. The van der Waals surface area contributed by atoms with E-state index >= 15 is 0 Å². The summed E-state index contributed by atoms with van der Waals surface area (Å²) in [5.74, 6) is 1.01. The van der Waals surface area contributed by atoms with Crippen molar-refractivity contribution in [2.24, 2.45) is 11.7 Å². The molecule has 0 aromatic heterocycles. The molecule has 1 aromatic rings. The molecule has 98 valence electrons. The van der Waals surface area contributed by atoms with Crippen molar-refractivity contribution in [3.63, 3.8) is 0 Å². The molecule has 2 nitrogen and oxygen atoms in total. The van der Waals surface area contributed by atoms with Crippen LogP contribution in [0.15, 0.2) is 24.3 Å². The van der Waals surface area contributed by atoms with Crippen molar-refractivity contribution in [2.75, 3.05) is 6.54 Å². The van der Waals surface area contributed by atoms with E-state index in [4.69, 9.17) is 5.73 Å². The van der Waals surface area contributed by atoms with Gasteiger partial charge in [-0.3, -0.25) is 4.79 Å². The zero-order valence-electron chi connectivity index (χ0n) is 11.2. The van der Waals surface area contributed by atoms with E-state index in [1.54, 1.807) is 0 Å². The summed E-state index contributed by atoms with van der Waals surface area (Å²) in [6.45, 7) is 2.69. The van der Waals surface area contributed by atoms with Gasteiger partial charge in [0.25, 0.3) is 0 Å². The highest BCUT2D eigenvalue weighted by Crippen LogP contribution is 2.38. The van der Waals surface area contributed by atoms with Crippen molar-refractivity contribution in [1.29, 1.82) is 0 Å². The van der Waals surface area contributed by atoms with E-state index in [-0.39, 0.29) is 5.92 Å². The van der Waals surface area contributed by atoms with Gasteiger partial charge in [-0.05, 0) is 43.7 Å². The van der Waals surface area contributed by atoms with Crippen LogP contribution in [0.25, 0.3) is 0 Å². The van der Waals surface area contributed by atoms with Gasteiger partial charge in [-0.2, -0.15) is 0 Å². The second-order valence-electron chi connectivity index (χ2n) is 5.41. The average Bonchev–Trinajstić information content (AvgIpc) is 2.33. The van der Waals surface area contributed by atoms with Gasteiger partial charge in [0, 0.05) is 11.5 Å². The predicted octanol–water partition coefficient (Wildman–Crippen LogP) is 3.51. The molecule has 1 aliphatic carbocycles. The Kier molecular flexibility index (Phi) is 4.54. The largest absolute Gasteiger partial charge is 0.330 e. The van der Waals surface area contributed by atoms with Crippen molar-refractivity contribution in [1.82, 2.24) is 0 Å². The Bertz CT molecular complexity index is 409. The van der Waals surface area contributed by atoms with E-state index in [0.717, 1.165) is 18.4 Å². The summed E-state index contributed by atoms with van der Waals surface area (Å²) < 4.78 is 0. The van der Waals surface area contributed by atoms with Gasteiger partial charge < -0.3 is 5.73 Å². The van der Waals surface area contributed by atoms with E-state index in [2.05, 4.69) is 12.1 Å². The van der Waals surface area contributed by atoms with Crippen LogP contribution in [0.3, 0.4) is 0 Å². The molecule has 1 fully saturated rings. The van der Waals surface area contributed by atoms with Gasteiger partial charge >= 0.3 is 0 Å². The molecule has 2 heteroatoms. The Morgan fingerprint density at radius 1 is 1.39 bits per heavy atom. The van der Waals surface area contributed by atoms with Crippen LogP contribution in [-0.4, -0.2) is 12.3 Å². The number of benzene rings is 1. The molecule has 0 spiro atoms. The Morgan fingerprint density at radius 2 is 2.11 bits per heavy atom. The van der Waals surface area contributed by atoms with E-state index in [0.29, 0.717) is 18.2 Å². The smallest absolute Gasteiger partial charge is 0.165 e. The third kappa shape index (κ3) is 2.81. The molecular weight excluding hydrogens is 222 g/mol. The monoisotopic (exact) mass is 245 g/mol. The molecule has 0 amide bonds. The topological polar surface area (TPSA) is 43.1 Å². The van der Waals surface area contributed by atoms with Gasteiger partial charge in [-0.15, -0.1) is 0 Å². The molecule has 1 aromatic carbocycles. The van der Waals surface area contributed by atoms with Crippen molar-refractivity contribution < 1.29 is 4.79 Å². The average molecular weight is 245 g/mol. The summed E-state index contributed by atoms with van der Waals surface area (Å²) in [4.78, 5) is 12.5. The third-order valence-electron chi connectivity index (χ3n) is 4.06. The van der Waals surface area contributed by atoms with E-state index in [1.807, 2.05) is 19.1 Å². The van der Waals surface area contributed by atoms with Gasteiger partial charge in [0.1, 0.15) is 0 Å². The van der Waals surface area contributed by atoms with Gasteiger partial charge in [0.2, 0.25) is 0 Å². The first-order valence-electron chi connectivity index (χ1n) is 7.07. The van der Waals surface area contributed by atoms with Crippen LogP contribution < -0.4 is 5.73 Å². The quantitative estimate of drug-likeness (QED) is 0.779. The summed E-state index contributed by atoms with van der Waals surface area (Å²) in [7, 11) is 0. The highest BCUT2D eigenvalue weighted by Gasteiger charge is 2.25. The number of hydrogen-bond donors (Lipinski definition) is 1. The molecule has 0 heterocycles. The minimum Gasteiger partial charge on any atom is -0.330 e. The number of hydrogen-bond acceptors (Lipinski definition) is 2. The van der Waals surface area contributed by atoms with E-state index in [9.17, 15) is 4.79 Å². The minimum atomic E-state index is 0.0924. The molecule has 1 aliphatic rings. The molecule has 0 saturated heterocycles. The second-order valence-corrected chi connectivity index (χ2v) is 5.41. The number of carbonyl (C=O) groups is 1. The fraction of sp³-hybridized carbons (Fsp3) is 0.562. The second kappa shape index (κ2) is 6.14. The number of carbonyl (C=O) groups excluding carboxylic acids is 1. The normalized spacial score (nSPS) is 17.2. The number of nitrogens with two attached hydrogens (primary N) is 1. The molecule has 0 bridgehead atoms. The SMILES string of the molecule is CC(CCCN)C(=O)c1ccccc1C1CCC1. The lowest BCUT2D eigenvalue weighted by Crippen LogP contribution is -2.18. The van der Waals surface area contributed by atoms with Gasteiger partial charge in [-0.1, -0.05) is 37.6 Å². The maximum Gasteiger partial charge on any atom is 0.165 e. The summed E-state index contributed by atoms with van der Waals surface area (Å²) in [5, 5.41) is 0. The van der Waals surface area contributed by atoms with Crippen molar-refractivity contribution in [3.8, 4) is 0 Å². The zero-order chi connectivity index (χ0) is 13.0. The molecule has 0 radical (unpaired) electrons. The van der Waals surface area contributed by atoms with Crippen molar-refractivity contribution in [2.45, 2.75) is 44.9 Å². The lowest BCUT2D eigenvalue weighted by atomic mass is 9.76. The lowest BCUT2D eigenvalue weighted by Gasteiger charge is -2.28. The van der Waals surface area contributed by atoms with Crippen LogP contribution in [-0.2, 0) is 0 Å². The molecule has 1 saturated carbocycles. The standard InChI is InChI=1S/C16H23NO/c1-12(6-5-11-17)16(18)15-10-3-2-9-14(15)13-7-4-8-13/h2-3,9-10,12-13H,4-8,11,17H2,1H3. The Labute approximate surface area is 110 Å². The Balaban J connectivity index is 2.13. The molecular formula is C16H23NO. The predicted molar refractivity (Wildman–Crippen MR) is 74.8 cm³/mol. The summed E-state index contributed by atoms with van der Waals surface area (Å²) in [6.07, 6.45) is 5.60. The molecule has 18 heavy (non-hydrogen) atoms. The van der Waals surface area contributed by atoms with Crippen molar-refractivity contribution >= 4 is 5.78 Å². The maximum absolute atomic E-state index is 12.5. The summed E-state index contributed by atoms with van der Waals surface area (Å²) >= 11 is 0. The highest BCUT2D eigenvalue weighted by molar-refractivity contribution is 5.99. The Hall–Kier alpha value is -1.15. The molecule has 2 rings (SSSR count). The fourth-order valence-electron chi connectivity index (χ4n) is 2.62. The molecule has 0 aliphatic heterocycles. The number of Topliss-reactive ketones (excluding diaryl/α,β-unsaturated/α-hetero) is 1. The van der Waals surface area contributed by atoms with Crippen molar-refractivity contribution in [3.05, 3.63) is 35.4 Å². The third-order valence-corrected chi connectivity index (χ3v) is 4.06. The summed E-state index contributed by atoms with van der Waals surface area (Å²) in [5.41, 5.74) is 7.74. The summed E-state index contributed by atoms with van der Waals surface area (Å²) in [6, 6.07) is 8.15. The van der Waals surface area contributed by atoms with Crippen LogP contribution in [0.4, 0.5) is 0 Å². The zero-order valence-corrected chi connectivity index (χ0v) is 11.2. The lowest BCUT2D eigenvalue weighted by molar-refractivity contribution is 0.0921. The molecule has 2 N–H and O–H groups in total. The van der Waals surface area contributed by atoms with Gasteiger partial charge in [-0.25, -0.2) is 0 Å². The fourth-order valence-corrected chi connectivity index (χ4v) is 2.62. The van der Waals surface area contributed by atoms with Gasteiger partial charge in [0.05, 0.1) is 0 Å². The first-order chi connectivity index (χ1) is 8.74. The first kappa shape index (κ1) is 13.3. The van der Waals surface area contributed by atoms with E-state index in [1.165, 1.54) is 24.8 Å². The molecule has 1 atom stereocenters. The van der Waals surface area contributed by atoms with Crippen LogP contribution in [0.5, 0.6) is 0 Å². The van der Waals surface area contributed by atoms with Crippen LogP contribution in [0.1, 0.15) is 60.9 Å². The highest BCUT2D eigenvalue weighted by atomic mass is 16.1. The maximum atomic E-state index is 12.5. The van der Waals surface area contributed by atoms with Crippen LogP contribution in [0, 0.1) is 5.92 Å². The van der Waals surface area contributed by atoms with E-state index < -0.39 is 0 Å². The number of ketones is 1. The Morgan fingerprint density at radius 3 is 2.72 bits per heavy atom. The van der Waals surface area contributed by atoms with Crippen LogP contribution in [0.2, 0.25) is 0 Å². The first-order valence-corrected chi connectivity index (χ1v) is 7.07. The van der Waals surface area contributed by atoms with Crippen LogP contribution >= 0.6 is 0 Å². The molecule has 1 unspecified atom stereocenters.